The van der Waals surface area contributed by atoms with Crippen LogP contribution < -0.4 is 0 Å². The van der Waals surface area contributed by atoms with Crippen molar-refractivity contribution in [3.05, 3.63) is 66.5 Å². The molecular formula is C13H12O3. The molecule has 0 fully saturated rings. The average molecular weight is 216 g/mol. The van der Waals surface area contributed by atoms with Gasteiger partial charge in [-0.2, -0.15) is 0 Å². The van der Waals surface area contributed by atoms with Gasteiger partial charge in [0.25, 0.3) is 0 Å². The molecule has 0 saturated carbocycles. The number of ketones is 1. The molecule has 0 saturated heterocycles. The number of allylic oxidation sites excluding steroid dienone is 3. The van der Waals surface area contributed by atoms with E-state index in [1.165, 1.54) is 24.3 Å². The second-order valence-corrected chi connectivity index (χ2v) is 3.11. The summed E-state index contributed by atoms with van der Waals surface area (Å²) in [4.78, 5) is 11.9. The van der Waals surface area contributed by atoms with E-state index in [0.29, 0.717) is 0 Å². The standard InChI is InChI=1S/C13H12O3/c1-3-6-10(9(2)14)13(16)11-7-4-5-8-12(11)15/h3-8,14-15H,1-2H2/b10-6+. The number of rotatable bonds is 4. The van der Waals surface area contributed by atoms with Crippen molar-refractivity contribution in [3.8, 4) is 5.75 Å². The topological polar surface area (TPSA) is 57.5 Å². The maximum atomic E-state index is 11.9. The summed E-state index contributed by atoms with van der Waals surface area (Å²) in [5.74, 6) is -0.984. The third-order valence-electron chi connectivity index (χ3n) is 1.99. The van der Waals surface area contributed by atoms with Crippen LogP contribution in [-0.2, 0) is 0 Å². The third kappa shape index (κ3) is 2.39. The molecule has 82 valence electrons. The fraction of sp³-hybridized carbons (Fsp3) is 0. The Hall–Kier alpha value is -2.29. The van der Waals surface area contributed by atoms with Crippen LogP contribution in [0.25, 0.3) is 0 Å². The minimum absolute atomic E-state index is 0.0106. The van der Waals surface area contributed by atoms with Crippen LogP contribution in [0.3, 0.4) is 0 Å². The normalized spacial score (nSPS) is 10.9. The van der Waals surface area contributed by atoms with Crippen LogP contribution in [0, 0.1) is 0 Å². The summed E-state index contributed by atoms with van der Waals surface area (Å²) < 4.78 is 0. The Morgan fingerprint density at radius 3 is 2.44 bits per heavy atom. The van der Waals surface area contributed by atoms with E-state index < -0.39 is 5.78 Å². The molecule has 0 aliphatic heterocycles. The molecule has 0 amide bonds. The summed E-state index contributed by atoms with van der Waals surface area (Å²) in [6.45, 7) is 6.73. The molecule has 0 heterocycles. The zero-order valence-electron chi connectivity index (χ0n) is 8.68. The maximum absolute atomic E-state index is 11.9. The van der Waals surface area contributed by atoms with E-state index in [-0.39, 0.29) is 22.6 Å². The van der Waals surface area contributed by atoms with Gasteiger partial charge in [0.1, 0.15) is 11.5 Å². The van der Waals surface area contributed by atoms with E-state index in [1.807, 2.05) is 0 Å². The minimum atomic E-state index is -0.495. The predicted molar refractivity (Wildman–Crippen MR) is 62.5 cm³/mol. The van der Waals surface area contributed by atoms with Gasteiger partial charge in [-0.05, 0) is 18.2 Å². The lowest BCUT2D eigenvalue weighted by Gasteiger charge is -2.05. The highest BCUT2D eigenvalue weighted by atomic mass is 16.3. The van der Waals surface area contributed by atoms with Crippen LogP contribution in [-0.4, -0.2) is 16.0 Å². The molecule has 16 heavy (non-hydrogen) atoms. The molecule has 3 heteroatoms. The van der Waals surface area contributed by atoms with Gasteiger partial charge >= 0.3 is 0 Å². The Morgan fingerprint density at radius 2 is 1.94 bits per heavy atom. The number of phenols is 1. The number of carbonyl (C=O) groups excluding carboxylic acids is 1. The van der Waals surface area contributed by atoms with Crippen molar-refractivity contribution >= 4 is 5.78 Å². The Labute approximate surface area is 93.7 Å². The van der Waals surface area contributed by atoms with Crippen LogP contribution in [0.1, 0.15) is 10.4 Å². The number of Topliss-reactive ketones (excluding diaryl/α,β-unsaturated/α-hetero) is 1. The summed E-state index contributed by atoms with van der Waals surface area (Å²) >= 11 is 0. The van der Waals surface area contributed by atoms with Gasteiger partial charge < -0.3 is 10.2 Å². The molecule has 0 aromatic heterocycles. The van der Waals surface area contributed by atoms with Crippen molar-refractivity contribution in [2.45, 2.75) is 0 Å². The quantitative estimate of drug-likeness (QED) is 0.352. The Kier molecular flexibility index (Phi) is 3.67. The van der Waals surface area contributed by atoms with Crippen molar-refractivity contribution in [1.82, 2.24) is 0 Å². The van der Waals surface area contributed by atoms with Gasteiger partial charge in [-0.15, -0.1) is 0 Å². The highest BCUT2D eigenvalue weighted by molar-refractivity contribution is 6.12. The Bertz CT molecular complexity index is 470. The van der Waals surface area contributed by atoms with Crippen LogP contribution in [0.2, 0.25) is 0 Å². The molecule has 0 bridgehead atoms. The number of aliphatic hydroxyl groups excluding tert-OH is 1. The van der Waals surface area contributed by atoms with E-state index in [9.17, 15) is 15.0 Å². The molecule has 1 aromatic carbocycles. The smallest absolute Gasteiger partial charge is 0.200 e. The molecule has 0 radical (unpaired) electrons. The van der Waals surface area contributed by atoms with Crippen LogP contribution in [0.4, 0.5) is 0 Å². The van der Waals surface area contributed by atoms with Crippen LogP contribution in [0.15, 0.2) is 60.9 Å². The SMILES string of the molecule is C=C/C=C(\C(=C)O)C(=O)c1ccccc1O. The van der Waals surface area contributed by atoms with Gasteiger partial charge in [0.05, 0.1) is 11.1 Å². The van der Waals surface area contributed by atoms with Crippen molar-refractivity contribution < 1.29 is 15.0 Å². The van der Waals surface area contributed by atoms with E-state index in [0.717, 1.165) is 0 Å². The van der Waals surface area contributed by atoms with Gasteiger partial charge in [0.15, 0.2) is 5.78 Å². The lowest BCUT2D eigenvalue weighted by Crippen LogP contribution is -2.05. The summed E-state index contributed by atoms with van der Waals surface area (Å²) in [5.41, 5.74) is 0.127. The Morgan fingerprint density at radius 1 is 1.31 bits per heavy atom. The second kappa shape index (κ2) is 4.98. The first-order chi connectivity index (χ1) is 7.57. The molecule has 0 aliphatic rings. The first kappa shape index (κ1) is 11.8. The summed E-state index contributed by atoms with van der Waals surface area (Å²) in [5, 5.41) is 18.7. The molecule has 0 atom stereocenters. The van der Waals surface area contributed by atoms with Gasteiger partial charge in [0, 0.05) is 0 Å². The van der Waals surface area contributed by atoms with Gasteiger partial charge in [-0.25, -0.2) is 0 Å². The molecular weight excluding hydrogens is 204 g/mol. The van der Waals surface area contributed by atoms with Crippen molar-refractivity contribution in [2.75, 3.05) is 0 Å². The predicted octanol–water partition coefficient (Wildman–Crippen LogP) is 2.76. The number of carbonyl (C=O) groups is 1. The maximum Gasteiger partial charge on any atom is 0.200 e. The lowest BCUT2D eigenvalue weighted by atomic mass is 10.0. The van der Waals surface area contributed by atoms with E-state index >= 15 is 0 Å². The highest BCUT2D eigenvalue weighted by Crippen LogP contribution is 2.21. The molecule has 0 unspecified atom stereocenters. The van der Waals surface area contributed by atoms with Crippen LogP contribution >= 0.6 is 0 Å². The van der Waals surface area contributed by atoms with E-state index in [1.54, 1.807) is 12.1 Å². The van der Waals surface area contributed by atoms with Gasteiger partial charge in [-0.1, -0.05) is 31.4 Å². The Balaban J connectivity index is 3.20. The summed E-state index contributed by atoms with van der Waals surface area (Å²) in [6, 6.07) is 6.10. The first-order valence-corrected chi connectivity index (χ1v) is 4.61. The lowest BCUT2D eigenvalue weighted by molar-refractivity contribution is 0.102. The molecule has 2 N–H and O–H groups in total. The number of aliphatic hydroxyl groups is 1. The zero-order chi connectivity index (χ0) is 12.1. The highest BCUT2D eigenvalue weighted by Gasteiger charge is 2.16. The van der Waals surface area contributed by atoms with Gasteiger partial charge in [0.2, 0.25) is 0 Å². The average Bonchev–Trinajstić information content (AvgIpc) is 2.25. The molecule has 1 aromatic rings. The summed E-state index contributed by atoms with van der Waals surface area (Å²) in [7, 11) is 0. The van der Waals surface area contributed by atoms with Crippen LogP contribution in [0.5, 0.6) is 5.75 Å². The number of hydrogen-bond donors (Lipinski definition) is 2. The fourth-order valence-corrected chi connectivity index (χ4v) is 1.23. The zero-order valence-corrected chi connectivity index (χ0v) is 8.68. The number of phenolic OH excluding ortho intramolecular Hbond substituents is 1. The summed E-state index contributed by atoms with van der Waals surface area (Å²) in [6.07, 6.45) is 2.71. The van der Waals surface area contributed by atoms with Crippen molar-refractivity contribution in [2.24, 2.45) is 0 Å². The number of benzene rings is 1. The first-order valence-electron chi connectivity index (χ1n) is 4.61. The molecule has 1 rings (SSSR count). The monoisotopic (exact) mass is 216 g/mol. The number of aromatic hydroxyl groups is 1. The number of para-hydroxylation sites is 1. The van der Waals surface area contributed by atoms with Crippen molar-refractivity contribution in [3.63, 3.8) is 0 Å². The largest absolute Gasteiger partial charge is 0.508 e. The third-order valence-corrected chi connectivity index (χ3v) is 1.99. The van der Waals surface area contributed by atoms with Gasteiger partial charge in [-0.3, -0.25) is 4.79 Å². The molecule has 3 nitrogen and oxygen atoms in total. The minimum Gasteiger partial charge on any atom is -0.508 e. The fourth-order valence-electron chi connectivity index (χ4n) is 1.23. The van der Waals surface area contributed by atoms with E-state index in [4.69, 9.17) is 0 Å². The number of hydrogen-bond acceptors (Lipinski definition) is 3. The van der Waals surface area contributed by atoms with Crippen molar-refractivity contribution in [1.29, 1.82) is 0 Å². The van der Waals surface area contributed by atoms with E-state index in [2.05, 4.69) is 13.2 Å². The molecule has 0 aliphatic carbocycles. The molecule has 0 spiro atoms. The second-order valence-electron chi connectivity index (χ2n) is 3.11.